The standard InChI is InChI=1S/C10H11NOS2/c1-12-6-3-7(11)10-8(4-6)14-5-9(10)13-2/h3-5H,11H2,1-2H3. The average Bonchev–Trinajstić information content (AvgIpc) is 2.61. The molecule has 0 atom stereocenters. The molecule has 0 radical (unpaired) electrons. The number of thioether (sulfide) groups is 1. The van der Waals surface area contributed by atoms with E-state index in [2.05, 4.69) is 11.6 Å². The van der Waals surface area contributed by atoms with Crippen LogP contribution in [0.5, 0.6) is 5.75 Å². The van der Waals surface area contributed by atoms with Crippen molar-refractivity contribution in [1.82, 2.24) is 0 Å². The Morgan fingerprint density at radius 2 is 2.21 bits per heavy atom. The summed E-state index contributed by atoms with van der Waals surface area (Å²) in [7, 11) is 1.66. The van der Waals surface area contributed by atoms with Crippen LogP contribution in [-0.4, -0.2) is 13.4 Å². The first-order valence-corrected chi connectivity index (χ1v) is 6.25. The molecule has 0 bridgehead atoms. The second-order valence-corrected chi connectivity index (χ2v) is 4.65. The zero-order valence-corrected chi connectivity index (χ0v) is 9.67. The maximum absolute atomic E-state index is 5.97. The fraction of sp³-hybridized carbons (Fsp3) is 0.200. The molecule has 1 aromatic heterocycles. The summed E-state index contributed by atoms with van der Waals surface area (Å²) in [5.41, 5.74) is 6.76. The van der Waals surface area contributed by atoms with Crippen molar-refractivity contribution in [2.24, 2.45) is 0 Å². The van der Waals surface area contributed by atoms with Crippen LogP contribution in [0.15, 0.2) is 22.4 Å². The molecule has 4 heteroatoms. The van der Waals surface area contributed by atoms with E-state index >= 15 is 0 Å². The lowest BCUT2D eigenvalue weighted by atomic mass is 10.2. The Balaban J connectivity index is 2.72. The number of methoxy groups -OCH3 is 1. The predicted octanol–water partition coefficient (Wildman–Crippen LogP) is 3.21. The van der Waals surface area contributed by atoms with Crippen LogP contribution in [0.4, 0.5) is 5.69 Å². The lowest BCUT2D eigenvalue weighted by Gasteiger charge is -2.03. The highest BCUT2D eigenvalue weighted by Crippen LogP contribution is 2.38. The van der Waals surface area contributed by atoms with Gasteiger partial charge in [0.1, 0.15) is 5.75 Å². The maximum atomic E-state index is 5.97. The summed E-state index contributed by atoms with van der Waals surface area (Å²) in [6.45, 7) is 0. The third-order valence-electron chi connectivity index (χ3n) is 2.10. The van der Waals surface area contributed by atoms with Crippen molar-refractivity contribution >= 4 is 38.9 Å². The first kappa shape index (κ1) is 9.68. The van der Waals surface area contributed by atoms with E-state index in [0.717, 1.165) is 16.8 Å². The Labute approximate surface area is 91.1 Å². The minimum atomic E-state index is 0.796. The van der Waals surface area contributed by atoms with Gasteiger partial charge in [-0.3, -0.25) is 0 Å². The Bertz CT molecular complexity index is 464. The maximum Gasteiger partial charge on any atom is 0.122 e. The molecule has 0 saturated heterocycles. The monoisotopic (exact) mass is 225 g/mol. The van der Waals surface area contributed by atoms with E-state index in [1.165, 1.54) is 9.60 Å². The molecule has 2 N–H and O–H groups in total. The molecule has 14 heavy (non-hydrogen) atoms. The molecule has 2 aromatic rings. The van der Waals surface area contributed by atoms with Gasteiger partial charge < -0.3 is 10.5 Å². The predicted molar refractivity (Wildman–Crippen MR) is 64.6 cm³/mol. The lowest BCUT2D eigenvalue weighted by Crippen LogP contribution is -1.89. The highest BCUT2D eigenvalue weighted by atomic mass is 32.2. The number of nitrogens with two attached hydrogens (primary N) is 1. The number of benzene rings is 1. The van der Waals surface area contributed by atoms with E-state index < -0.39 is 0 Å². The molecule has 0 spiro atoms. The van der Waals surface area contributed by atoms with Crippen molar-refractivity contribution in [2.75, 3.05) is 19.1 Å². The fourth-order valence-electron chi connectivity index (χ4n) is 1.41. The van der Waals surface area contributed by atoms with Crippen LogP contribution in [0.25, 0.3) is 10.1 Å². The highest BCUT2D eigenvalue weighted by molar-refractivity contribution is 7.99. The zero-order chi connectivity index (χ0) is 10.1. The van der Waals surface area contributed by atoms with Crippen LogP contribution in [0.1, 0.15) is 0 Å². The van der Waals surface area contributed by atoms with E-state index in [1.807, 2.05) is 12.1 Å². The molecule has 0 amide bonds. The number of hydrogen-bond acceptors (Lipinski definition) is 4. The Kier molecular flexibility index (Phi) is 2.56. The minimum Gasteiger partial charge on any atom is -0.497 e. The number of fused-ring (bicyclic) bond motifs is 1. The van der Waals surface area contributed by atoms with Gasteiger partial charge in [-0.1, -0.05) is 0 Å². The summed E-state index contributed by atoms with van der Waals surface area (Å²) in [6, 6.07) is 3.89. The van der Waals surface area contributed by atoms with Crippen LogP contribution in [-0.2, 0) is 0 Å². The van der Waals surface area contributed by atoms with Crippen LogP contribution in [0.3, 0.4) is 0 Å². The van der Waals surface area contributed by atoms with E-state index in [-0.39, 0.29) is 0 Å². The second kappa shape index (κ2) is 3.71. The third-order valence-corrected chi connectivity index (χ3v) is 3.94. The summed E-state index contributed by atoms with van der Waals surface area (Å²) in [6.07, 6.45) is 2.06. The molecule has 2 rings (SSSR count). The smallest absolute Gasteiger partial charge is 0.122 e. The van der Waals surface area contributed by atoms with Crippen molar-refractivity contribution in [3.05, 3.63) is 17.5 Å². The Morgan fingerprint density at radius 3 is 2.86 bits per heavy atom. The van der Waals surface area contributed by atoms with Gasteiger partial charge in [0.05, 0.1) is 7.11 Å². The molecule has 0 aliphatic carbocycles. The normalized spacial score (nSPS) is 10.7. The number of ether oxygens (including phenoxy) is 1. The molecule has 1 heterocycles. The van der Waals surface area contributed by atoms with E-state index in [4.69, 9.17) is 10.5 Å². The third kappa shape index (κ3) is 1.44. The topological polar surface area (TPSA) is 35.2 Å². The van der Waals surface area contributed by atoms with Crippen molar-refractivity contribution in [3.8, 4) is 5.75 Å². The van der Waals surface area contributed by atoms with Gasteiger partial charge in [-0.05, 0) is 12.3 Å². The zero-order valence-electron chi connectivity index (χ0n) is 8.03. The van der Waals surface area contributed by atoms with Gasteiger partial charge in [-0.25, -0.2) is 0 Å². The fourth-order valence-corrected chi connectivity index (χ4v) is 3.32. The van der Waals surface area contributed by atoms with Gasteiger partial charge in [0.2, 0.25) is 0 Å². The van der Waals surface area contributed by atoms with Gasteiger partial charge in [0.15, 0.2) is 0 Å². The van der Waals surface area contributed by atoms with E-state index in [0.29, 0.717) is 0 Å². The average molecular weight is 225 g/mol. The molecule has 2 nitrogen and oxygen atoms in total. The molecule has 0 fully saturated rings. The molecule has 0 aliphatic rings. The van der Waals surface area contributed by atoms with Crippen molar-refractivity contribution in [1.29, 1.82) is 0 Å². The van der Waals surface area contributed by atoms with Crippen molar-refractivity contribution < 1.29 is 4.74 Å². The van der Waals surface area contributed by atoms with Crippen LogP contribution in [0.2, 0.25) is 0 Å². The molecular weight excluding hydrogens is 214 g/mol. The molecule has 0 unspecified atom stereocenters. The summed E-state index contributed by atoms with van der Waals surface area (Å²) >= 11 is 3.42. The number of nitrogen functional groups attached to an aromatic ring is 1. The Morgan fingerprint density at radius 1 is 1.43 bits per heavy atom. The van der Waals surface area contributed by atoms with Gasteiger partial charge in [0, 0.05) is 32.1 Å². The largest absolute Gasteiger partial charge is 0.497 e. The molecule has 0 saturated carbocycles. The minimum absolute atomic E-state index is 0.796. The second-order valence-electron chi connectivity index (χ2n) is 2.89. The quantitative estimate of drug-likeness (QED) is 0.629. The SMILES string of the molecule is COc1cc(N)c2c(SC)csc2c1. The van der Waals surface area contributed by atoms with Crippen LogP contribution >= 0.6 is 23.1 Å². The van der Waals surface area contributed by atoms with Crippen LogP contribution < -0.4 is 10.5 Å². The van der Waals surface area contributed by atoms with E-state index in [9.17, 15) is 0 Å². The molecule has 74 valence electrons. The number of thiophene rings is 1. The lowest BCUT2D eigenvalue weighted by molar-refractivity contribution is 0.415. The first-order valence-electron chi connectivity index (χ1n) is 4.15. The van der Waals surface area contributed by atoms with Gasteiger partial charge in [-0.2, -0.15) is 0 Å². The van der Waals surface area contributed by atoms with Crippen molar-refractivity contribution in [3.63, 3.8) is 0 Å². The van der Waals surface area contributed by atoms with Gasteiger partial charge in [-0.15, -0.1) is 23.1 Å². The number of hydrogen-bond donors (Lipinski definition) is 1. The van der Waals surface area contributed by atoms with Crippen LogP contribution in [0, 0.1) is 0 Å². The number of rotatable bonds is 2. The van der Waals surface area contributed by atoms with E-state index in [1.54, 1.807) is 30.2 Å². The van der Waals surface area contributed by atoms with Gasteiger partial charge >= 0.3 is 0 Å². The highest BCUT2D eigenvalue weighted by Gasteiger charge is 2.08. The molecule has 1 aromatic carbocycles. The number of anilines is 1. The summed E-state index contributed by atoms with van der Waals surface area (Å²) in [4.78, 5) is 1.24. The summed E-state index contributed by atoms with van der Waals surface area (Å²) in [5.74, 6) is 0.824. The van der Waals surface area contributed by atoms with Gasteiger partial charge in [0.25, 0.3) is 0 Å². The molecular formula is C10H11NOS2. The molecule has 0 aliphatic heterocycles. The Hall–Kier alpha value is -0.870. The summed E-state index contributed by atoms with van der Waals surface area (Å²) < 4.78 is 6.35. The van der Waals surface area contributed by atoms with Crippen molar-refractivity contribution in [2.45, 2.75) is 4.90 Å². The first-order chi connectivity index (χ1) is 6.76. The summed E-state index contributed by atoms with van der Waals surface area (Å²) in [5, 5.41) is 3.29.